The highest BCUT2D eigenvalue weighted by molar-refractivity contribution is 5.82. The predicted molar refractivity (Wildman–Crippen MR) is 132 cm³/mol. The van der Waals surface area contributed by atoms with Crippen LogP contribution in [0.3, 0.4) is 0 Å². The summed E-state index contributed by atoms with van der Waals surface area (Å²) in [6, 6.07) is 10.5. The van der Waals surface area contributed by atoms with Gasteiger partial charge in [0.15, 0.2) is 0 Å². The van der Waals surface area contributed by atoms with Gasteiger partial charge in [-0.3, -0.25) is 4.98 Å². The number of phenols is 1. The fourth-order valence-electron chi connectivity index (χ4n) is 4.98. The number of nitrogens with one attached hydrogen (secondary N) is 1. The number of fused-ring (bicyclic) bond motifs is 2. The van der Waals surface area contributed by atoms with Crippen LogP contribution in [0.2, 0.25) is 0 Å². The van der Waals surface area contributed by atoms with Crippen LogP contribution in [0.5, 0.6) is 11.5 Å². The second kappa shape index (κ2) is 8.40. The number of aryl methyl sites for hydroxylation is 1. The summed E-state index contributed by atoms with van der Waals surface area (Å²) in [6.07, 6.45) is 1.73. The molecule has 4 nitrogen and oxygen atoms in total. The van der Waals surface area contributed by atoms with Gasteiger partial charge in [0, 0.05) is 10.9 Å². The molecule has 2 heterocycles. The quantitative estimate of drug-likeness (QED) is 0.501. The zero-order valence-corrected chi connectivity index (χ0v) is 20.5. The third-order valence-corrected chi connectivity index (χ3v) is 7.13. The first-order chi connectivity index (χ1) is 15.1. The zero-order valence-electron chi connectivity index (χ0n) is 20.5. The number of pyridine rings is 1. The van der Waals surface area contributed by atoms with E-state index in [-0.39, 0.29) is 6.04 Å². The van der Waals surface area contributed by atoms with E-state index in [1.807, 2.05) is 26.8 Å². The van der Waals surface area contributed by atoms with Crippen molar-refractivity contribution < 1.29 is 9.84 Å². The highest BCUT2D eigenvalue weighted by Crippen LogP contribution is 2.46. The first kappa shape index (κ1) is 22.6. The number of para-hydroxylation sites is 1. The smallest absolute Gasteiger partial charge is 0.127 e. The molecule has 32 heavy (non-hydrogen) atoms. The van der Waals surface area contributed by atoms with Crippen molar-refractivity contribution in [2.45, 2.75) is 73.0 Å². The lowest BCUT2D eigenvalue weighted by molar-refractivity contribution is 0.0212. The van der Waals surface area contributed by atoms with Gasteiger partial charge >= 0.3 is 0 Å². The Morgan fingerprint density at radius 2 is 1.81 bits per heavy atom. The Morgan fingerprint density at radius 1 is 1.09 bits per heavy atom. The molecule has 1 aromatic heterocycles. The third-order valence-electron chi connectivity index (χ3n) is 7.13. The van der Waals surface area contributed by atoms with Crippen molar-refractivity contribution in [1.82, 2.24) is 10.3 Å². The van der Waals surface area contributed by atoms with Gasteiger partial charge in [-0.15, -0.1) is 0 Å². The Balaban J connectivity index is 1.81. The summed E-state index contributed by atoms with van der Waals surface area (Å²) >= 11 is 0. The van der Waals surface area contributed by atoms with Gasteiger partial charge in [-0.25, -0.2) is 0 Å². The number of hydrogen-bond acceptors (Lipinski definition) is 4. The summed E-state index contributed by atoms with van der Waals surface area (Å²) in [7, 11) is 0. The molecule has 0 saturated heterocycles. The van der Waals surface area contributed by atoms with Crippen molar-refractivity contribution in [2.75, 3.05) is 6.54 Å². The molecule has 2 aromatic carbocycles. The number of aromatic hydroxyl groups is 1. The summed E-state index contributed by atoms with van der Waals surface area (Å²) in [5.74, 6) is 1.84. The van der Waals surface area contributed by atoms with E-state index in [2.05, 4.69) is 57.3 Å². The number of benzene rings is 2. The number of phenolic OH excluding ortho intramolecular Hbond substituents is 1. The largest absolute Gasteiger partial charge is 0.507 e. The maximum Gasteiger partial charge on any atom is 0.127 e. The first-order valence-corrected chi connectivity index (χ1v) is 11.7. The normalized spacial score (nSPS) is 19.1. The lowest BCUT2D eigenvalue weighted by Gasteiger charge is -2.43. The van der Waals surface area contributed by atoms with Gasteiger partial charge in [0.25, 0.3) is 0 Å². The van der Waals surface area contributed by atoms with Gasteiger partial charge < -0.3 is 15.2 Å². The summed E-state index contributed by atoms with van der Waals surface area (Å²) in [5.41, 5.74) is 6.82. The Morgan fingerprint density at radius 3 is 2.53 bits per heavy atom. The first-order valence-electron chi connectivity index (χ1n) is 11.7. The minimum absolute atomic E-state index is 0.0461. The molecule has 2 unspecified atom stereocenters. The summed E-state index contributed by atoms with van der Waals surface area (Å²) < 4.78 is 6.85. The molecule has 3 aromatic rings. The molecule has 170 valence electrons. The van der Waals surface area contributed by atoms with Crippen LogP contribution in [-0.2, 0) is 6.42 Å². The van der Waals surface area contributed by atoms with Crippen LogP contribution in [-0.4, -0.2) is 22.2 Å². The van der Waals surface area contributed by atoms with Gasteiger partial charge in [0.1, 0.15) is 17.1 Å². The standard InChI is InChI=1S/C28H36N2O2/c1-16(2)15-29-27(24-14-17(3)21-10-8-9-11-23(21)30-24)28(7)13-12-22-20(6)25(31)18(4)19(5)26(22)32-28/h8-11,14,16,27,29,31H,12-13,15H2,1-7H3. The van der Waals surface area contributed by atoms with Gasteiger partial charge in [-0.05, 0) is 94.3 Å². The van der Waals surface area contributed by atoms with E-state index in [0.717, 1.165) is 58.6 Å². The van der Waals surface area contributed by atoms with E-state index in [0.29, 0.717) is 11.7 Å². The van der Waals surface area contributed by atoms with E-state index in [4.69, 9.17) is 9.72 Å². The zero-order chi connectivity index (χ0) is 23.2. The summed E-state index contributed by atoms with van der Waals surface area (Å²) in [4.78, 5) is 5.08. The third kappa shape index (κ3) is 3.86. The molecule has 0 fully saturated rings. The van der Waals surface area contributed by atoms with Crippen LogP contribution >= 0.6 is 0 Å². The van der Waals surface area contributed by atoms with E-state index < -0.39 is 5.60 Å². The summed E-state index contributed by atoms with van der Waals surface area (Å²) in [6.45, 7) is 15.7. The molecule has 0 saturated carbocycles. The van der Waals surface area contributed by atoms with Gasteiger partial charge in [0.05, 0.1) is 17.3 Å². The van der Waals surface area contributed by atoms with Crippen LogP contribution < -0.4 is 10.1 Å². The maximum absolute atomic E-state index is 10.6. The topological polar surface area (TPSA) is 54.4 Å². The Labute approximate surface area is 192 Å². The molecule has 1 aliphatic heterocycles. The van der Waals surface area contributed by atoms with Crippen LogP contribution in [0.4, 0.5) is 0 Å². The molecule has 0 amide bonds. The predicted octanol–water partition coefficient (Wildman–Crippen LogP) is 6.24. The van der Waals surface area contributed by atoms with Gasteiger partial charge in [-0.2, -0.15) is 0 Å². The van der Waals surface area contributed by atoms with Crippen molar-refractivity contribution in [3.05, 3.63) is 63.8 Å². The molecule has 4 heteroatoms. The molecular weight excluding hydrogens is 396 g/mol. The SMILES string of the molecule is Cc1c(C)c2c(c(C)c1O)CCC(C)(C(NCC(C)C)c1cc(C)c3ccccc3n1)O2. The highest BCUT2D eigenvalue weighted by atomic mass is 16.5. The highest BCUT2D eigenvalue weighted by Gasteiger charge is 2.42. The monoisotopic (exact) mass is 432 g/mol. The van der Waals surface area contributed by atoms with Crippen LogP contribution in [0.15, 0.2) is 30.3 Å². The van der Waals surface area contributed by atoms with Crippen molar-refractivity contribution in [1.29, 1.82) is 0 Å². The minimum Gasteiger partial charge on any atom is -0.507 e. The summed E-state index contributed by atoms with van der Waals surface area (Å²) in [5, 5.41) is 15.5. The number of ether oxygens (including phenoxy) is 1. The Hall–Kier alpha value is -2.59. The van der Waals surface area contributed by atoms with E-state index in [9.17, 15) is 5.11 Å². The Kier molecular flexibility index (Phi) is 5.93. The van der Waals surface area contributed by atoms with E-state index in [1.54, 1.807) is 0 Å². The fraction of sp³-hybridized carbons (Fsp3) is 0.464. The number of rotatable bonds is 5. The molecule has 4 rings (SSSR count). The number of nitrogens with zero attached hydrogens (tertiary/aromatic N) is 1. The Bertz CT molecular complexity index is 1170. The second-order valence-corrected chi connectivity index (χ2v) is 10.1. The van der Waals surface area contributed by atoms with Gasteiger partial charge in [0.2, 0.25) is 0 Å². The molecule has 2 N–H and O–H groups in total. The second-order valence-electron chi connectivity index (χ2n) is 10.1. The van der Waals surface area contributed by atoms with E-state index >= 15 is 0 Å². The molecule has 1 aliphatic rings. The fourth-order valence-corrected chi connectivity index (χ4v) is 4.98. The number of aromatic nitrogens is 1. The van der Waals surface area contributed by atoms with Crippen LogP contribution in [0, 0.1) is 33.6 Å². The lowest BCUT2D eigenvalue weighted by Crippen LogP contribution is -2.49. The molecular formula is C28H36N2O2. The van der Waals surface area contributed by atoms with Crippen molar-refractivity contribution in [3.8, 4) is 11.5 Å². The number of hydrogen-bond donors (Lipinski definition) is 2. The van der Waals surface area contributed by atoms with Crippen molar-refractivity contribution in [2.24, 2.45) is 5.92 Å². The molecule has 0 radical (unpaired) electrons. The molecule has 0 spiro atoms. The lowest BCUT2D eigenvalue weighted by atomic mass is 9.81. The van der Waals surface area contributed by atoms with Gasteiger partial charge in [-0.1, -0.05) is 32.0 Å². The molecule has 2 atom stereocenters. The molecule has 0 bridgehead atoms. The maximum atomic E-state index is 10.6. The van der Waals surface area contributed by atoms with Crippen molar-refractivity contribution >= 4 is 10.9 Å². The van der Waals surface area contributed by atoms with E-state index in [1.165, 1.54) is 10.9 Å². The minimum atomic E-state index is -0.454. The molecule has 0 aliphatic carbocycles. The van der Waals surface area contributed by atoms with Crippen molar-refractivity contribution in [3.63, 3.8) is 0 Å². The van der Waals surface area contributed by atoms with Crippen LogP contribution in [0.25, 0.3) is 10.9 Å². The average Bonchev–Trinajstić information content (AvgIpc) is 2.76. The average molecular weight is 433 g/mol. The van der Waals surface area contributed by atoms with Crippen LogP contribution in [0.1, 0.15) is 66.7 Å².